The third-order valence-electron chi connectivity index (χ3n) is 0.813. The van der Waals surface area contributed by atoms with Gasteiger partial charge in [-0.2, -0.15) is 0 Å². The quantitative estimate of drug-likeness (QED) is 0.508. The maximum Gasteiger partial charge on any atom is 0.0253 e. The molecule has 0 bridgehead atoms. The van der Waals surface area contributed by atoms with Gasteiger partial charge >= 0.3 is 0 Å². The highest BCUT2D eigenvalue weighted by molar-refractivity contribution is 7.83. The van der Waals surface area contributed by atoms with E-state index < -0.39 is 0 Å². The molecular weight excluding hydrogens is 136 g/mol. The first-order chi connectivity index (χ1) is 3.80. The van der Waals surface area contributed by atoms with E-state index in [0.29, 0.717) is 0 Å². The summed E-state index contributed by atoms with van der Waals surface area (Å²) in [5.41, 5.74) is 0. The highest BCUT2D eigenvalue weighted by atomic mass is 32.1. The summed E-state index contributed by atoms with van der Waals surface area (Å²) < 4.78 is 0. The maximum absolute atomic E-state index is 4.09. The summed E-state index contributed by atoms with van der Waals surface area (Å²) in [6.45, 7) is 0. The van der Waals surface area contributed by atoms with Gasteiger partial charge in [0.15, 0.2) is 0 Å². The molecule has 0 aliphatic rings. The molecule has 0 aliphatic heterocycles. The lowest BCUT2D eigenvalue weighted by Gasteiger charge is -1.90. The molecule has 0 saturated heterocycles. The smallest absolute Gasteiger partial charge is 0.0253 e. The van der Waals surface area contributed by atoms with Crippen LogP contribution < -0.4 is 0 Å². The molecule has 0 aliphatic carbocycles. The summed E-state index contributed by atoms with van der Waals surface area (Å²) in [5, 5.41) is 0. The van der Waals surface area contributed by atoms with Crippen LogP contribution in [0.15, 0.2) is 28.0 Å². The molecule has 0 unspecified atom stereocenters. The normalized spacial score (nSPS) is 9.25. The number of thiol groups is 2. The highest BCUT2D eigenvalue weighted by Crippen LogP contribution is 2.14. The van der Waals surface area contributed by atoms with Gasteiger partial charge in [-0.3, -0.25) is 0 Å². The lowest BCUT2D eigenvalue weighted by atomic mass is 10.4. The van der Waals surface area contributed by atoms with Gasteiger partial charge in [0.05, 0.1) is 0 Å². The Kier molecular flexibility index (Phi) is 1.86. The maximum atomic E-state index is 4.09. The van der Waals surface area contributed by atoms with Gasteiger partial charge in [-0.25, -0.2) is 0 Å². The van der Waals surface area contributed by atoms with Crippen molar-refractivity contribution in [3.63, 3.8) is 0 Å². The van der Waals surface area contributed by atoms with E-state index in [1.807, 2.05) is 18.2 Å². The van der Waals surface area contributed by atoms with Gasteiger partial charge in [-0.15, -0.1) is 25.3 Å². The molecule has 0 amide bonds. The van der Waals surface area contributed by atoms with Crippen LogP contribution in [0.25, 0.3) is 0 Å². The Morgan fingerprint density at radius 1 is 1.38 bits per heavy atom. The van der Waals surface area contributed by atoms with Crippen LogP contribution in [-0.4, -0.2) is 0 Å². The Balaban J connectivity index is 3.13. The van der Waals surface area contributed by atoms with E-state index in [1.165, 1.54) is 0 Å². The highest BCUT2D eigenvalue weighted by Gasteiger charge is 1.86. The largest absolute Gasteiger partial charge is 0.142 e. The van der Waals surface area contributed by atoms with Crippen LogP contribution in [0.1, 0.15) is 0 Å². The molecule has 1 aromatic rings. The van der Waals surface area contributed by atoms with Crippen LogP contribution in [-0.2, 0) is 0 Å². The molecule has 2 heteroatoms. The summed E-state index contributed by atoms with van der Waals surface area (Å²) in [6, 6.07) is 8.45. The monoisotopic (exact) mass is 141 g/mol. The first-order valence-corrected chi connectivity index (χ1v) is 3.09. The molecule has 0 heterocycles. The number of rotatable bonds is 0. The first kappa shape index (κ1) is 6.05. The Morgan fingerprint density at radius 3 is 2.50 bits per heavy atom. The average molecular weight is 141 g/mol. The lowest BCUT2D eigenvalue weighted by Crippen LogP contribution is -1.66. The van der Waals surface area contributed by atoms with Crippen molar-refractivity contribution in [2.45, 2.75) is 9.79 Å². The predicted molar refractivity (Wildman–Crippen MR) is 39.8 cm³/mol. The molecule has 1 aromatic carbocycles. The van der Waals surface area contributed by atoms with Crippen molar-refractivity contribution < 1.29 is 0 Å². The minimum atomic E-state index is 0.802. The molecule has 8 heavy (non-hydrogen) atoms. The molecule has 0 spiro atoms. The topological polar surface area (TPSA) is 0 Å². The van der Waals surface area contributed by atoms with E-state index in [0.717, 1.165) is 9.79 Å². The second-order valence-electron chi connectivity index (χ2n) is 1.40. The average Bonchev–Trinajstić information content (AvgIpc) is 1.77. The number of benzene rings is 1. The summed E-state index contributed by atoms with van der Waals surface area (Å²) in [5.74, 6) is 0. The van der Waals surface area contributed by atoms with Gasteiger partial charge in [0.25, 0.3) is 0 Å². The Hall–Kier alpha value is -0.0800. The summed E-state index contributed by atoms with van der Waals surface area (Å²) in [4.78, 5) is 1.67. The molecule has 41 valence electrons. The third-order valence-corrected chi connectivity index (χ3v) is 1.73. The van der Waals surface area contributed by atoms with Crippen molar-refractivity contribution in [3.05, 3.63) is 24.3 Å². The van der Waals surface area contributed by atoms with Crippen LogP contribution in [0.2, 0.25) is 0 Å². The van der Waals surface area contributed by atoms with E-state index in [2.05, 4.69) is 31.3 Å². The molecule has 1 rings (SSSR count). The fraction of sp³-hybridized carbons (Fsp3) is 0. The predicted octanol–water partition coefficient (Wildman–Crippen LogP) is 2.06. The molecule has 0 nitrogen and oxygen atoms in total. The standard InChI is InChI=1S/C6H5S2/c7-5-3-1-2-4-6(5)8/h1-3,7-8H. The van der Waals surface area contributed by atoms with Gasteiger partial charge in [-0.05, 0) is 12.1 Å². The van der Waals surface area contributed by atoms with Crippen molar-refractivity contribution in [3.8, 4) is 0 Å². The van der Waals surface area contributed by atoms with E-state index in [-0.39, 0.29) is 0 Å². The van der Waals surface area contributed by atoms with Crippen LogP contribution >= 0.6 is 25.3 Å². The molecule has 0 aromatic heterocycles. The Morgan fingerprint density at radius 2 is 2.12 bits per heavy atom. The van der Waals surface area contributed by atoms with Crippen LogP contribution in [0.5, 0.6) is 0 Å². The molecule has 1 radical (unpaired) electrons. The minimum absolute atomic E-state index is 0.802. The first-order valence-electron chi connectivity index (χ1n) is 2.19. The molecule has 0 saturated carbocycles. The second kappa shape index (κ2) is 2.46. The number of hydrogen-bond acceptors (Lipinski definition) is 2. The summed E-state index contributed by atoms with van der Waals surface area (Å²) in [6.07, 6.45) is 0. The van der Waals surface area contributed by atoms with E-state index in [1.54, 1.807) is 0 Å². The van der Waals surface area contributed by atoms with Crippen molar-refractivity contribution in [2.75, 3.05) is 0 Å². The molecular formula is C6H5S2. The van der Waals surface area contributed by atoms with E-state index in [4.69, 9.17) is 0 Å². The fourth-order valence-electron chi connectivity index (χ4n) is 0.419. The Labute approximate surface area is 59.7 Å². The summed E-state index contributed by atoms with van der Waals surface area (Å²) in [7, 11) is 0. The molecule has 0 fully saturated rings. The van der Waals surface area contributed by atoms with Crippen LogP contribution in [0, 0.1) is 6.07 Å². The zero-order valence-electron chi connectivity index (χ0n) is 4.13. The molecule has 0 atom stereocenters. The SMILES string of the molecule is Sc1[c]cccc1S. The third kappa shape index (κ3) is 1.20. The zero-order chi connectivity index (χ0) is 5.98. The van der Waals surface area contributed by atoms with Gasteiger partial charge in [-0.1, -0.05) is 12.1 Å². The van der Waals surface area contributed by atoms with Crippen LogP contribution in [0.3, 0.4) is 0 Å². The van der Waals surface area contributed by atoms with Gasteiger partial charge in [0.1, 0.15) is 0 Å². The fourth-order valence-corrected chi connectivity index (χ4v) is 0.719. The van der Waals surface area contributed by atoms with E-state index >= 15 is 0 Å². The van der Waals surface area contributed by atoms with Crippen molar-refractivity contribution in [1.29, 1.82) is 0 Å². The van der Waals surface area contributed by atoms with Crippen molar-refractivity contribution in [2.24, 2.45) is 0 Å². The van der Waals surface area contributed by atoms with Crippen LogP contribution in [0.4, 0.5) is 0 Å². The number of hydrogen-bond donors (Lipinski definition) is 2. The minimum Gasteiger partial charge on any atom is -0.142 e. The Bertz CT molecular complexity index is 163. The van der Waals surface area contributed by atoms with Gasteiger partial charge in [0, 0.05) is 9.79 Å². The zero-order valence-corrected chi connectivity index (χ0v) is 5.92. The van der Waals surface area contributed by atoms with Crippen molar-refractivity contribution in [1.82, 2.24) is 0 Å². The molecule has 0 N–H and O–H groups in total. The summed E-state index contributed by atoms with van der Waals surface area (Å²) >= 11 is 8.16. The lowest BCUT2D eigenvalue weighted by molar-refractivity contribution is 1.26. The van der Waals surface area contributed by atoms with Gasteiger partial charge in [0.2, 0.25) is 0 Å². The van der Waals surface area contributed by atoms with Gasteiger partial charge < -0.3 is 0 Å². The second-order valence-corrected chi connectivity index (χ2v) is 2.33. The van der Waals surface area contributed by atoms with Crippen molar-refractivity contribution >= 4 is 25.3 Å². The van der Waals surface area contributed by atoms with E-state index in [9.17, 15) is 0 Å².